The van der Waals surface area contributed by atoms with Crippen molar-refractivity contribution in [2.45, 2.75) is 40.5 Å². The summed E-state index contributed by atoms with van der Waals surface area (Å²) in [5.74, 6) is -0.323. The van der Waals surface area contributed by atoms with E-state index in [1.165, 1.54) is 0 Å². The first-order chi connectivity index (χ1) is 9.84. The number of likely N-dealkylation sites (tertiary alicyclic amines) is 1. The molecule has 2 rings (SSSR count). The topological polar surface area (TPSA) is 49.4 Å². The molecule has 0 unspecified atom stereocenters. The highest BCUT2D eigenvalue weighted by Crippen LogP contribution is 2.26. The molecule has 4 heteroatoms. The average Bonchev–Trinajstić information content (AvgIpc) is 2.96. The molecule has 1 heterocycles. The van der Waals surface area contributed by atoms with Crippen LogP contribution in [0.1, 0.15) is 37.8 Å². The van der Waals surface area contributed by atoms with Crippen LogP contribution >= 0.6 is 0 Å². The minimum Gasteiger partial charge on any atom is -0.342 e. The van der Waals surface area contributed by atoms with E-state index >= 15 is 0 Å². The Morgan fingerprint density at radius 2 is 1.76 bits per heavy atom. The van der Waals surface area contributed by atoms with Gasteiger partial charge in [-0.15, -0.1) is 0 Å². The number of aryl methyl sites for hydroxylation is 1. The molecular formula is C17H24N2O2. The lowest BCUT2D eigenvalue weighted by molar-refractivity contribution is -0.145. The van der Waals surface area contributed by atoms with E-state index in [2.05, 4.69) is 5.32 Å². The molecule has 0 atom stereocenters. The van der Waals surface area contributed by atoms with Crippen molar-refractivity contribution in [3.8, 4) is 0 Å². The molecule has 0 aliphatic carbocycles. The number of amides is 2. The SMILES string of the molecule is Cc1cccc(NC(=O)C(C)(C)C(=O)N2CCCC2)c1C. The van der Waals surface area contributed by atoms with Gasteiger partial charge in [-0.25, -0.2) is 0 Å². The molecule has 0 bridgehead atoms. The second-order valence-electron chi connectivity index (χ2n) is 6.33. The molecule has 1 N–H and O–H groups in total. The highest BCUT2D eigenvalue weighted by Gasteiger charge is 2.40. The van der Waals surface area contributed by atoms with Gasteiger partial charge in [-0.05, 0) is 57.7 Å². The van der Waals surface area contributed by atoms with E-state index in [9.17, 15) is 9.59 Å². The average molecular weight is 288 g/mol. The van der Waals surface area contributed by atoms with Gasteiger partial charge < -0.3 is 10.2 Å². The fourth-order valence-electron chi connectivity index (χ4n) is 2.58. The van der Waals surface area contributed by atoms with Gasteiger partial charge in [-0.3, -0.25) is 9.59 Å². The van der Waals surface area contributed by atoms with Gasteiger partial charge in [0.05, 0.1) is 0 Å². The maximum Gasteiger partial charge on any atom is 0.239 e. The van der Waals surface area contributed by atoms with Crippen LogP contribution in [0.2, 0.25) is 0 Å². The number of nitrogens with one attached hydrogen (secondary N) is 1. The summed E-state index contributed by atoms with van der Waals surface area (Å²) in [5.41, 5.74) is 1.90. The van der Waals surface area contributed by atoms with Crippen LogP contribution in [0, 0.1) is 19.3 Å². The number of carbonyl (C=O) groups excluding carboxylic acids is 2. The Morgan fingerprint density at radius 3 is 2.38 bits per heavy atom. The van der Waals surface area contributed by atoms with Gasteiger partial charge in [0, 0.05) is 18.8 Å². The van der Waals surface area contributed by atoms with Crippen molar-refractivity contribution in [3.63, 3.8) is 0 Å². The predicted molar refractivity (Wildman–Crippen MR) is 84.1 cm³/mol. The Morgan fingerprint density at radius 1 is 1.14 bits per heavy atom. The zero-order valence-electron chi connectivity index (χ0n) is 13.3. The summed E-state index contributed by atoms with van der Waals surface area (Å²) in [5, 5.41) is 2.91. The predicted octanol–water partition coefficient (Wildman–Crippen LogP) is 2.89. The Labute approximate surface area is 126 Å². The molecule has 1 aliphatic rings. The van der Waals surface area contributed by atoms with Crippen LogP contribution in [0.15, 0.2) is 18.2 Å². The van der Waals surface area contributed by atoms with Gasteiger partial charge >= 0.3 is 0 Å². The second-order valence-corrected chi connectivity index (χ2v) is 6.33. The number of hydrogen-bond acceptors (Lipinski definition) is 2. The van der Waals surface area contributed by atoms with Gasteiger partial charge in [-0.1, -0.05) is 12.1 Å². The van der Waals surface area contributed by atoms with E-state index in [1.54, 1.807) is 18.7 Å². The lowest BCUT2D eigenvalue weighted by atomic mass is 9.90. The van der Waals surface area contributed by atoms with Crippen molar-refractivity contribution in [2.24, 2.45) is 5.41 Å². The lowest BCUT2D eigenvalue weighted by Gasteiger charge is -2.28. The van der Waals surface area contributed by atoms with Crippen LogP contribution in [-0.4, -0.2) is 29.8 Å². The minimum absolute atomic E-state index is 0.0807. The molecule has 1 saturated heterocycles. The van der Waals surface area contributed by atoms with E-state index in [-0.39, 0.29) is 11.8 Å². The van der Waals surface area contributed by atoms with E-state index in [4.69, 9.17) is 0 Å². The maximum atomic E-state index is 12.5. The molecule has 1 fully saturated rings. The van der Waals surface area contributed by atoms with Crippen molar-refractivity contribution < 1.29 is 9.59 Å². The van der Waals surface area contributed by atoms with Crippen molar-refractivity contribution in [2.75, 3.05) is 18.4 Å². The summed E-state index contributed by atoms with van der Waals surface area (Å²) in [4.78, 5) is 26.8. The third-order valence-corrected chi connectivity index (χ3v) is 4.35. The number of benzene rings is 1. The van der Waals surface area contributed by atoms with E-state index < -0.39 is 5.41 Å². The lowest BCUT2D eigenvalue weighted by Crippen LogP contribution is -2.46. The molecule has 2 amide bonds. The molecule has 4 nitrogen and oxygen atoms in total. The second kappa shape index (κ2) is 5.88. The van der Waals surface area contributed by atoms with E-state index in [1.807, 2.05) is 32.0 Å². The molecule has 114 valence electrons. The molecule has 0 spiro atoms. The van der Waals surface area contributed by atoms with Gasteiger partial charge in [-0.2, -0.15) is 0 Å². The molecule has 0 saturated carbocycles. The molecule has 0 aromatic heterocycles. The van der Waals surface area contributed by atoms with Crippen molar-refractivity contribution in [3.05, 3.63) is 29.3 Å². The third-order valence-electron chi connectivity index (χ3n) is 4.35. The van der Waals surface area contributed by atoms with Crippen molar-refractivity contribution in [1.29, 1.82) is 0 Å². The maximum absolute atomic E-state index is 12.5. The molecule has 1 aromatic rings. The standard InChI is InChI=1S/C17H24N2O2/c1-12-8-7-9-14(13(12)2)18-15(20)17(3,4)16(21)19-10-5-6-11-19/h7-9H,5-6,10-11H2,1-4H3,(H,18,20). The summed E-state index contributed by atoms with van der Waals surface area (Å²) >= 11 is 0. The number of hydrogen-bond donors (Lipinski definition) is 1. The van der Waals surface area contributed by atoms with Crippen molar-refractivity contribution >= 4 is 17.5 Å². The van der Waals surface area contributed by atoms with Crippen LogP contribution in [0.5, 0.6) is 0 Å². The zero-order valence-corrected chi connectivity index (χ0v) is 13.3. The smallest absolute Gasteiger partial charge is 0.239 e. The zero-order chi connectivity index (χ0) is 15.6. The molecule has 1 aliphatic heterocycles. The first kappa shape index (κ1) is 15.5. The van der Waals surface area contributed by atoms with E-state index in [0.717, 1.165) is 42.7 Å². The Hall–Kier alpha value is -1.84. The fourth-order valence-corrected chi connectivity index (χ4v) is 2.58. The number of carbonyl (C=O) groups is 2. The molecule has 1 aromatic carbocycles. The first-order valence-corrected chi connectivity index (χ1v) is 7.51. The van der Waals surface area contributed by atoms with Crippen LogP contribution in [0.4, 0.5) is 5.69 Å². The van der Waals surface area contributed by atoms with Crippen molar-refractivity contribution in [1.82, 2.24) is 4.90 Å². The van der Waals surface area contributed by atoms with Crippen LogP contribution in [-0.2, 0) is 9.59 Å². The molecule has 0 radical (unpaired) electrons. The first-order valence-electron chi connectivity index (χ1n) is 7.51. The van der Waals surface area contributed by atoms with Crippen LogP contribution < -0.4 is 5.32 Å². The monoisotopic (exact) mass is 288 g/mol. The van der Waals surface area contributed by atoms with Gasteiger partial charge in [0.25, 0.3) is 0 Å². The summed E-state index contributed by atoms with van der Waals surface area (Å²) in [6, 6.07) is 5.79. The summed E-state index contributed by atoms with van der Waals surface area (Å²) in [6.07, 6.45) is 2.06. The largest absolute Gasteiger partial charge is 0.342 e. The minimum atomic E-state index is -1.04. The molecular weight excluding hydrogens is 264 g/mol. The van der Waals surface area contributed by atoms with Crippen LogP contribution in [0.25, 0.3) is 0 Å². The third kappa shape index (κ3) is 3.09. The highest BCUT2D eigenvalue weighted by atomic mass is 16.2. The van der Waals surface area contributed by atoms with Crippen LogP contribution in [0.3, 0.4) is 0 Å². The Bertz CT molecular complexity index is 558. The summed E-state index contributed by atoms with van der Waals surface area (Å²) in [6.45, 7) is 8.91. The Kier molecular flexibility index (Phi) is 4.35. The Balaban J connectivity index is 2.14. The van der Waals surface area contributed by atoms with Gasteiger partial charge in [0.2, 0.25) is 11.8 Å². The van der Waals surface area contributed by atoms with Gasteiger partial charge in [0.1, 0.15) is 5.41 Å². The molecule has 21 heavy (non-hydrogen) atoms. The number of rotatable bonds is 3. The van der Waals surface area contributed by atoms with Gasteiger partial charge in [0.15, 0.2) is 0 Å². The fraction of sp³-hybridized carbons (Fsp3) is 0.529. The highest BCUT2D eigenvalue weighted by molar-refractivity contribution is 6.10. The number of anilines is 1. The normalized spacial score (nSPS) is 15.1. The summed E-state index contributed by atoms with van der Waals surface area (Å²) in [7, 11) is 0. The quantitative estimate of drug-likeness (QED) is 0.869. The number of nitrogens with zero attached hydrogens (tertiary/aromatic N) is 1. The summed E-state index contributed by atoms with van der Waals surface area (Å²) < 4.78 is 0. The van der Waals surface area contributed by atoms with E-state index in [0.29, 0.717) is 0 Å².